The molecule has 0 aromatic carbocycles. The van der Waals surface area contributed by atoms with E-state index in [0.717, 1.165) is 25.7 Å². The Labute approximate surface area is 77.3 Å². The molecule has 0 aliphatic rings. The predicted molar refractivity (Wildman–Crippen MR) is 47.4 cm³/mol. The van der Waals surface area contributed by atoms with Crippen LogP contribution in [0.5, 0.6) is 0 Å². The number of unbranched alkanes of at least 4 members (excludes halogenated alkanes) is 3. The number of alkyl halides is 1. The summed E-state index contributed by atoms with van der Waals surface area (Å²) in [4.78, 5) is 10.1. The molecule has 0 fully saturated rings. The van der Waals surface area contributed by atoms with Crippen molar-refractivity contribution in [2.75, 3.05) is 5.88 Å². The highest BCUT2D eigenvalue weighted by Crippen LogP contribution is 2.06. The Morgan fingerprint density at radius 3 is 2.33 bits per heavy atom. The van der Waals surface area contributed by atoms with Crippen LogP contribution >= 0.6 is 11.6 Å². The normalized spacial score (nSPS) is 12.8. The molecule has 1 unspecified atom stereocenters. The summed E-state index contributed by atoms with van der Waals surface area (Å²) in [5.74, 6) is -0.478. The number of rotatable bonds is 7. The van der Waals surface area contributed by atoms with E-state index in [-0.39, 0.29) is 0 Å². The highest BCUT2D eigenvalue weighted by atomic mass is 35.5. The van der Waals surface area contributed by atoms with Gasteiger partial charge in [0.05, 0.1) is 0 Å². The monoisotopic (exact) mass is 194 g/mol. The van der Waals surface area contributed by atoms with Crippen molar-refractivity contribution in [3.8, 4) is 0 Å². The van der Waals surface area contributed by atoms with Gasteiger partial charge in [0.25, 0.3) is 0 Å². The Balaban J connectivity index is 3.14. The first-order valence-electron chi connectivity index (χ1n) is 4.15. The second kappa shape index (κ2) is 7.37. The van der Waals surface area contributed by atoms with E-state index in [2.05, 4.69) is 0 Å². The maximum Gasteiger partial charge on any atom is 0.332 e. The highest BCUT2D eigenvalue weighted by Gasteiger charge is 2.11. The topological polar surface area (TPSA) is 57.5 Å². The van der Waals surface area contributed by atoms with Crippen molar-refractivity contribution in [1.82, 2.24) is 0 Å². The molecule has 0 aromatic rings. The van der Waals surface area contributed by atoms with Gasteiger partial charge in [-0.05, 0) is 12.8 Å². The third kappa shape index (κ3) is 6.43. The molecule has 0 aliphatic heterocycles. The van der Waals surface area contributed by atoms with Gasteiger partial charge in [-0.15, -0.1) is 11.6 Å². The molecule has 0 heterocycles. The lowest BCUT2D eigenvalue weighted by atomic mass is 10.1. The van der Waals surface area contributed by atoms with Gasteiger partial charge in [0, 0.05) is 5.88 Å². The van der Waals surface area contributed by atoms with Gasteiger partial charge in [0.1, 0.15) is 0 Å². The number of carboxylic acids is 1. The fourth-order valence-electron chi connectivity index (χ4n) is 0.909. The molecule has 0 saturated heterocycles. The van der Waals surface area contributed by atoms with Crippen LogP contribution in [0.2, 0.25) is 0 Å². The van der Waals surface area contributed by atoms with E-state index < -0.39 is 12.1 Å². The van der Waals surface area contributed by atoms with Crippen molar-refractivity contribution in [2.24, 2.45) is 0 Å². The third-order valence-electron chi connectivity index (χ3n) is 1.65. The molecule has 0 aromatic heterocycles. The highest BCUT2D eigenvalue weighted by molar-refractivity contribution is 6.17. The average Bonchev–Trinajstić information content (AvgIpc) is 2.03. The summed E-state index contributed by atoms with van der Waals surface area (Å²) in [6.45, 7) is 0. The average molecular weight is 195 g/mol. The fraction of sp³-hybridized carbons (Fsp3) is 0.875. The second-order valence-electron chi connectivity index (χ2n) is 2.75. The van der Waals surface area contributed by atoms with E-state index in [1.165, 1.54) is 0 Å². The summed E-state index contributed by atoms with van der Waals surface area (Å²) in [5, 5.41) is 17.2. The summed E-state index contributed by atoms with van der Waals surface area (Å²) in [7, 11) is 0. The van der Waals surface area contributed by atoms with Crippen LogP contribution in [0.25, 0.3) is 0 Å². The molecule has 3 nitrogen and oxygen atoms in total. The molecule has 0 radical (unpaired) electrons. The quantitative estimate of drug-likeness (QED) is 0.478. The zero-order valence-corrected chi connectivity index (χ0v) is 7.76. The van der Waals surface area contributed by atoms with Crippen LogP contribution < -0.4 is 0 Å². The van der Waals surface area contributed by atoms with Crippen LogP contribution in [0.4, 0.5) is 0 Å². The van der Waals surface area contributed by atoms with Crippen molar-refractivity contribution in [3.63, 3.8) is 0 Å². The minimum absolute atomic E-state index is 0.345. The van der Waals surface area contributed by atoms with Crippen molar-refractivity contribution >= 4 is 17.6 Å². The fourth-order valence-corrected chi connectivity index (χ4v) is 1.10. The van der Waals surface area contributed by atoms with Crippen LogP contribution in [0.3, 0.4) is 0 Å². The van der Waals surface area contributed by atoms with Crippen molar-refractivity contribution in [1.29, 1.82) is 0 Å². The van der Waals surface area contributed by atoms with Crippen LogP contribution in [0.1, 0.15) is 32.1 Å². The molecule has 12 heavy (non-hydrogen) atoms. The van der Waals surface area contributed by atoms with Gasteiger partial charge in [-0.3, -0.25) is 0 Å². The van der Waals surface area contributed by atoms with E-state index in [1.807, 2.05) is 0 Å². The van der Waals surface area contributed by atoms with Gasteiger partial charge in [-0.1, -0.05) is 19.3 Å². The van der Waals surface area contributed by atoms with Crippen molar-refractivity contribution < 1.29 is 15.0 Å². The van der Waals surface area contributed by atoms with Crippen molar-refractivity contribution in [3.05, 3.63) is 0 Å². The lowest BCUT2D eigenvalue weighted by Gasteiger charge is -2.03. The predicted octanol–water partition coefficient (Wildman–Crippen LogP) is 1.62. The summed E-state index contributed by atoms with van der Waals surface area (Å²) >= 11 is 5.45. The van der Waals surface area contributed by atoms with E-state index in [1.54, 1.807) is 0 Å². The third-order valence-corrected chi connectivity index (χ3v) is 1.91. The molecule has 0 spiro atoms. The first kappa shape index (κ1) is 11.7. The molecule has 0 bridgehead atoms. The second-order valence-corrected chi connectivity index (χ2v) is 3.12. The number of hydrogen-bond acceptors (Lipinski definition) is 2. The molecular formula is C8H15ClO3. The zero-order valence-electron chi connectivity index (χ0n) is 7.00. The molecule has 72 valence electrons. The number of hydrogen-bond donors (Lipinski definition) is 2. The summed E-state index contributed by atoms with van der Waals surface area (Å²) in [5.41, 5.74) is 0. The molecule has 0 rings (SSSR count). The number of aliphatic hydroxyl groups is 1. The molecule has 4 heteroatoms. The van der Waals surface area contributed by atoms with E-state index in [0.29, 0.717) is 12.3 Å². The smallest absolute Gasteiger partial charge is 0.332 e. The SMILES string of the molecule is O=C(O)C(O)CCCCCCCl. The van der Waals surface area contributed by atoms with E-state index in [9.17, 15) is 4.79 Å². The van der Waals surface area contributed by atoms with Crippen LogP contribution in [-0.4, -0.2) is 28.2 Å². The molecule has 1 atom stereocenters. The number of aliphatic hydroxyl groups excluding tert-OH is 1. The maximum atomic E-state index is 10.1. The Kier molecular flexibility index (Phi) is 7.20. The van der Waals surface area contributed by atoms with Gasteiger partial charge < -0.3 is 10.2 Å². The lowest BCUT2D eigenvalue weighted by Crippen LogP contribution is -2.18. The Morgan fingerprint density at radius 1 is 1.25 bits per heavy atom. The van der Waals surface area contributed by atoms with Gasteiger partial charge in [-0.2, -0.15) is 0 Å². The maximum absolute atomic E-state index is 10.1. The number of carbonyl (C=O) groups is 1. The zero-order chi connectivity index (χ0) is 9.40. The van der Waals surface area contributed by atoms with Gasteiger partial charge in [0.15, 0.2) is 6.10 Å². The van der Waals surface area contributed by atoms with Gasteiger partial charge in [-0.25, -0.2) is 4.79 Å². The summed E-state index contributed by atoms with van der Waals surface area (Å²) in [6, 6.07) is 0. The van der Waals surface area contributed by atoms with Gasteiger partial charge >= 0.3 is 5.97 Å². The van der Waals surface area contributed by atoms with E-state index in [4.69, 9.17) is 21.8 Å². The molecule has 2 N–H and O–H groups in total. The molecule has 0 amide bonds. The molecular weight excluding hydrogens is 180 g/mol. The number of aliphatic carboxylic acids is 1. The summed E-state index contributed by atoms with van der Waals surface area (Å²) in [6.07, 6.45) is 2.82. The Hall–Kier alpha value is -0.280. The summed E-state index contributed by atoms with van der Waals surface area (Å²) < 4.78 is 0. The number of halogens is 1. The Morgan fingerprint density at radius 2 is 1.83 bits per heavy atom. The largest absolute Gasteiger partial charge is 0.479 e. The first-order valence-corrected chi connectivity index (χ1v) is 4.68. The molecule has 0 saturated carbocycles. The van der Waals surface area contributed by atoms with Crippen LogP contribution in [0, 0.1) is 0 Å². The minimum Gasteiger partial charge on any atom is -0.479 e. The first-order chi connectivity index (χ1) is 5.68. The number of carboxylic acid groups (broad SMARTS) is 1. The van der Waals surface area contributed by atoms with Crippen molar-refractivity contribution in [2.45, 2.75) is 38.2 Å². The van der Waals surface area contributed by atoms with Crippen LogP contribution in [0.15, 0.2) is 0 Å². The van der Waals surface area contributed by atoms with Gasteiger partial charge in [0.2, 0.25) is 0 Å². The molecule has 0 aliphatic carbocycles. The Bertz CT molecular complexity index is 127. The minimum atomic E-state index is -1.19. The lowest BCUT2D eigenvalue weighted by molar-refractivity contribution is -0.146. The standard InChI is InChI=1S/C8H15ClO3/c9-6-4-2-1-3-5-7(10)8(11)12/h7,10H,1-6H2,(H,11,12). The van der Waals surface area contributed by atoms with Crippen LogP contribution in [-0.2, 0) is 4.79 Å². The van der Waals surface area contributed by atoms with E-state index >= 15 is 0 Å².